The molecule has 0 aromatic heterocycles. The van der Waals surface area contributed by atoms with Gasteiger partial charge in [-0.2, -0.15) is 5.10 Å². The standard InChI is InChI=1S/C13H18IN3O3/c1-4-19-11-6-9(7-16-17-13(15)18)5-10(14)12(11)20-8(2)3/h5-8H,4H2,1-3H3,(H3,15,17,18)/b16-7+. The van der Waals surface area contributed by atoms with Crippen molar-refractivity contribution >= 4 is 34.8 Å². The molecule has 0 fully saturated rings. The maximum absolute atomic E-state index is 10.6. The van der Waals surface area contributed by atoms with Gasteiger partial charge in [0.05, 0.1) is 22.5 Å². The number of benzene rings is 1. The zero-order valence-electron chi connectivity index (χ0n) is 11.6. The van der Waals surface area contributed by atoms with Gasteiger partial charge in [0.1, 0.15) is 0 Å². The number of halogens is 1. The van der Waals surface area contributed by atoms with E-state index in [-0.39, 0.29) is 6.10 Å². The van der Waals surface area contributed by atoms with Gasteiger partial charge in [0, 0.05) is 0 Å². The van der Waals surface area contributed by atoms with Crippen molar-refractivity contribution in [1.29, 1.82) is 0 Å². The quantitative estimate of drug-likeness (QED) is 0.444. The fourth-order valence-electron chi connectivity index (χ4n) is 1.45. The highest BCUT2D eigenvalue weighted by Gasteiger charge is 2.13. The first-order chi connectivity index (χ1) is 9.43. The number of amides is 2. The SMILES string of the molecule is CCOc1cc(/C=N/NC(N)=O)cc(I)c1OC(C)C. The summed E-state index contributed by atoms with van der Waals surface area (Å²) in [7, 11) is 0. The summed E-state index contributed by atoms with van der Waals surface area (Å²) >= 11 is 2.17. The molecule has 0 saturated heterocycles. The predicted octanol–water partition coefficient (Wildman–Crippen LogP) is 2.48. The Kier molecular flexibility index (Phi) is 6.56. The highest BCUT2D eigenvalue weighted by atomic mass is 127. The first-order valence-corrected chi connectivity index (χ1v) is 7.23. The Bertz CT molecular complexity index is 504. The molecule has 1 rings (SSSR count). The van der Waals surface area contributed by atoms with E-state index < -0.39 is 6.03 Å². The molecule has 0 heterocycles. The lowest BCUT2D eigenvalue weighted by Gasteiger charge is -2.16. The lowest BCUT2D eigenvalue weighted by atomic mass is 10.2. The second kappa shape index (κ2) is 7.93. The molecule has 0 atom stereocenters. The lowest BCUT2D eigenvalue weighted by molar-refractivity contribution is 0.222. The number of urea groups is 1. The van der Waals surface area contributed by atoms with E-state index in [9.17, 15) is 4.79 Å². The van der Waals surface area contributed by atoms with E-state index in [1.54, 1.807) is 6.07 Å². The van der Waals surface area contributed by atoms with Crippen LogP contribution in [0.3, 0.4) is 0 Å². The van der Waals surface area contributed by atoms with E-state index in [4.69, 9.17) is 15.2 Å². The number of ether oxygens (including phenoxy) is 2. The smallest absolute Gasteiger partial charge is 0.332 e. The van der Waals surface area contributed by atoms with Crippen molar-refractivity contribution in [1.82, 2.24) is 5.43 Å². The number of nitrogens with two attached hydrogens (primary N) is 1. The van der Waals surface area contributed by atoms with Crippen LogP contribution in [0.25, 0.3) is 0 Å². The van der Waals surface area contributed by atoms with E-state index in [1.165, 1.54) is 6.21 Å². The molecule has 0 saturated carbocycles. The molecule has 0 bridgehead atoms. The average molecular weight is 391 g/mol. The summed E-state index contributed by atoms with van der Waals surface area (Å²) in [5.41, 5.74) is 7.86. The average Bonchev–Trinajstić information content (AvgIpc) is 2.33. The third-order valence-electron chi connectivity index (χ3n) is 2.07. The molecule has 6 nitrogen and oxygen atoms in total. The van der Waals surface area contributed by atoms with Crippen molar-refractivity contribution in [3.63, 3.8) is 0 Å². The molecule has 2 amide bonds. The fourth-order valence-corrected chi connectivity index (χ4v) is 2.20. The molecular formula is C13H18IN3O3. The van der Waals surface area contributed by atoms with Gasteiger partial charge < -0.3 is 15.2 Å². The number of hydrazone groups is 1. The van der Waals surface area contributed by atoms with Gasteiger partial charge >= 0.3 is 6.03 Å². The molecule has 110 valence electrons. The maximum Gasteiger partial charge on any atom is 0.332 e. The van der Waals surface area contributed by atoms with Crippen LogP contribution in [0.1, 0.15) is 26.3 Å². The molecule has 3 N–H and O–H groups in total. The molecule has 7 heteroatoms. The molecule has 1 aromatic carbocycles. The van der Waals surface area contributed by atoms with Gasteiger partial charge in [-0.1, -0.05) is 0 Å². The molecule has 0 unspecified atom stereocenters. The third-order valence-corrected chi connectivity index (χ3v) is 2.87. The van der Waals surface area contributed by atoms with Crippen LogP contribution in [-0.2, 0) is 0 Å². The number of hydrogen-bond donors (Lipinski definition) is 2. The van der Waals surface area contributed by atoms with Crippen LogP contribution in [0.4, 0.5) is 4.79 Å². The largest absolute Gasteiger partial charge is 0.490 e. The number of nitrogens with zero attached hydrogens (tertiary/aromatic N) is 1. The number of carbonyl (C=O) groups excluding carboxylic acids is 1. The summed E-state index contributed by atoms with van der Waals surface area (Å²) < 4.78 is 12.2. The van der Waals surface area contributed by atoms with Gasteiger partial charge in [0.2, 0.25) is 0 Å². The summed E-state index contributed by atoms with van der Waals surface area (Å²) in [4.78, 5) is 10.6. The van der Waals surface area contributed by atoms with Crippen molar-refractivity contribution in [2.24, 2.45) is 10.8 Å². The molecule has 0 radical (unpaired) electrons. The molecule has 0 aliphatic heterocycles. The summed E-state index contributed by atoms with van der Waals surface area (Å²) in [5, 5.41) is 3.72. The second-order valence-corrected chi connectivity index (χ2v) is 5.33. The molecule has 0 aliphatic rings. The van der Waals surface area contributed by atoms with E-state index in [2.05, 4.69) is 33.1 Å². The van der Waals surface area contributed by atoms with E-state index in [0.29, 0.717) is 18.1 Å². The Morgan fingerprint density at radius 3 is 2.80 bits per heavy atom. The highest BCUT2D eigenvalue weighted by molar-refractivity contribution is 14.1. The highest BCUT2D eigenvalue weighted by Crippen LogP contribution is 2.34. The van der Waals surface area contributed by atoms with Gasteiger partial charge in [-0.25, -0.2) is 10.2 Å². The lowest BCUT2D eigenvalue weighted by Crippen LogP contribution is -2.24. The van der Waals surface area contributed by atoms with Crippen LogP contribution in [0.2, 0.25) is 0 Å². The van der Waals surface area contributed by atoms with Gasteiger partial charge in [-0.15, -0.1) is 0 Å². The van der Waals surface area contributed by atoms with Crippen molar-refractivity contribution in [3.8, 4) is 11.5 Å². The maximum atomic E-state index is 10.6. The minimum atomic E-state index is -0.708. The Labute approximate surface area is 131 Å². The Hall–Kier alpha value is -1.51. The summed E-state index contributed by atoms with van der Waals surface area (Å²) in [6, 6.07) is 2.98. The van der Waals surface area contributed by atoms with Gasteiger partial charge in [-0.3, -0.25) is 0 Å². The van der Waals surface area contributed by atoms with Gasteiger partial charge in [0.15, 0.2) is 11.5 Å². The summed E-state index contributed by atoms with van der Waals surface area (Å²) in [6.07, 6.45) is 1.55. The monoisotopic (exact) mass is 391 g/mol. The minimum absolute atomic E-state index is 0.0544. The summed E-state index contributed by atoms with van der Waals surface area (Å²) in [6.45, 7) is 6.35. The number of primary amides is 1. The molecule has 20 heavy (non-hydrogen) atoms. The van der Waals surface area contributed by atoms with Crippen LogP contribution in [0.5, 0.6) is 11.5 Å². The number of rotatable bonds is 6. The van der Waals surface area contributed by atoms with Crippen LogP contribution < -0.4 is 20.6 Å². The predicted molar refractivity (Wildman–Crippen MR) is 86.4 cm³/mol. The van der Waals surface area contributed by atoms with E-state index in [1.807, 2.05) is 26.8 Å². The zero-order valence-corrected chi connectivity index (χ0v) is 13.8. The molecule has 1 aromatic rings. The van der Waals surface area contributed by atoms with E-state index >= 15 is 0 Å². The fraction of sp³-hybridized carbons (Fsp3) is 0.385. The van der Waals surface area contributed by atoms with Crippen molar-refractivity contribution < 1.29 is 14.3 Å². The van der Waals surface area contributed by atoms with Crippen molar-refractivity contribution in [3.05, 3.63) is 21.3 Å². The molecule has 0 aliphatic carbocycles. The number of carbonyl (C=O) groups is 1. The molecular weight excluding hydrogens is 373 g/mol. The van der Waals surface area contributed by atoms with Crippen molar-refractivity contribution in [2.45, 2.75) is 26.9 Å². The number of hydrogen-bond acceptors (Lipinski definition) is 4. The topological polar surface area (TPSA) is 85.9 Å². The van der Waals surface area contributed by atoms with E-state index in [0.717, 1.165) is 9.13 Å². The van der Waals surface area contributed by atoms with Crippen LogP contribution in [0.15, 0.2) is 17.2 Å². The first kappa shape index (κ1) is 16.5. The Morgan fingerprint density at radius 2 is 2.25 bits per heavy atom. The Morgan fingerprint density at radius 1 is 1.55 bits per heavy atom. The minimum Gasteiger partial charge on any atom is -0.490 e. The summed E-state index contributed by atoms with van der Waals surface area (Å²) in [5.74, 6) is 1.36. The van der Waals surface area contributed by atoms with Crippen LogP contribution in [-0.4, -0.2) is 25.0 Å². The van der Waals surface area contributed by atoms with Gasteiger partial charge in [0.25, 0.3) is 0 Å². The van der Waals surface area contributed by atoms with Crippen molar-refractivity contribution in [2.75, 3.05) is 6.61 Å². The second-order valence-electron chi connectivity index (χ2n) is 4.16. The number of nitrogens with one attached hydrogen (secondary N) is 1. The normalized spacial score (nSPS) is 10.8. The van der Waals surface area contributed by atoms with Gasteiger partial charge in [-0.05, 0) is 61.1 Å². The van der Waals surface area contributed by atoms with Crippen LogP contribution in [0, 0.1) is 3.57 Å². The third kappa shape index (κ3) is 5.24. The van der Waals surface area contributed by atoms with Crippen LogP contribution >= 0.6 is 22.6 Å². The first-order valence-electron chi connectivity index (χ1n) is 6.15. The Balaban J connectivity index is 3.05. The molecule has 0 spiro atoms. The zero-order chi connectivity index (χ0) is 15.1.